The standard InChI is InChI=1S/C12H15N3S/c1-9-8-12(2,3)14-11(16)15(9)10-6-4-5-7-13-10/h4-8H,1-3H3,(H,14,16). The summed E-state index contributed by atoms with van der Waals surface area (Å²) in [5.41, 5.74) is 1.01. The fourth-order valence-corrected chi connectivity index (χ4v) is 2.39. The van der Waals surface area contributed by atoms with Crippen LogP contribution in [0.5, 0.6) is 0 Å². The largest absolute Gasteiger partial charge is 0.354 e. The third kappa shape index (κ3) is 2.07. The molecule has 0 amide bonds. The lowest BCUT2D eigenvalue weighted by Crippen LogP contribution is -2.53. The molecule has 84 valence electrons. The van der Waals surface area contributed by atoms with Crippen LogP contribution in [0.1, 0.15) is 20.8 Å². The molecule has 1 aromatic heterocycles. The predicted octanol–water partition coefficient (Wildman–Crippen LogP) is 2.46. The molecule has 1 aromatic rings. The summed E-state index contributed by atoms with van der Waals surface area (Å²) in [6, 6.07) is 5.80. The number of hydrogen-bond donors (Lipinski definition) is 1. The average Bonchev–Trinajstić information content (AvgIpc) is 2.16. The molecule has 0 aliphatic carbocycles. The van der Waals surface area contributed by atoms with Gasteiger partial charge in [0.1, 0.15) is 5.82 Å². The third-order valence-corrected chi connectivity index (χ3v) is 2.72. The van der Waals surface area contributed by atoms with Crippen molar-refractivity contribution in [2.45, 2.75) is 26.3 Å². The van der Waals surface area contributed by atoms with Gasteiger partial charge in [-0.05, 0) is 51.2 Å². The van der Waals surface area contributed by atoms with Gasteiger partial charge in [-0.25, -0.2) is 4.98 Å². The van der Waals surface area contributed by atoms with Crippen LogP contribution in [0.3, 0.4) is 0 Å². The Hall–Kier alpha value is -1.42. The molecule has 0 saturated heterocycles. The highest BCUT2D eigenvalue weighted by molar-refractivity contribution is 7.80. The number of thiocarbonyl (C=S) groups is 1. The van der Waals surface area contributed by atoms with Gasteiger partial charge < -0.3 is 5.32 Å². The van der Waals surface area contributed by atoms with E-state index in [9.17, 15) is 0 Å². The summed E-state index contributed by atoms with van der Waals surface area (Å²) >= 11 is 5.37. The molecular weight excluding hydrogens is 218 g/mol. The Morgan fingerprint density at radius 3 is 2.69 bits per heavy atom. The van der Waals surface area contributed by atoms with E-state index in [1.165, 1.54) is 0 Å². The van der Waals surface area contributed by atoms with Crippen LogP contribution >= 0.6 is 12.2 Å². The number of hydrogen-bond acceptors (Lipinski definition) is 2. The maximum atomic E-state index is 5.37. The first-order chi connectivity index (χ1) is 7.49. The first kappa shape index (κ1) is 11.1. The molecule has 1 N–H and O–H groups in total. The van der Waals surface area contributed by atoms with E-state index < -0.39 is 0 Å². The minimum Gasteiger partial charge on any atom is -0.354 e. The zero-order chi connectivity index (χ0) is 11.8. The van der Waals surface area contributed by atoms with Gasteiger partial charge in [-0.15, -0.1) is 0 Å². The first-order valence-electron chi connectivity index (χ1n) is 5.22. The van der Waals surface area contributed by atoms with Crippen LogP contribution < -0.4 is 10.2 Å². The van der Waals surface area contributed by atoms with E-state index >= 15 is 0 Å². The molecule has 0 unspecified atom stereocenters. The Labute approximate surface area is 101 Å². The summed E-state index contributed by atoms with van der Waals surface area (Å²) in [5, 5.41) is 3.97. The van der Waals surface area contributed by atoms with Crippen molar-refractivity contribution in [1.29, 1.82) is 0 Å². The highest BCUT2D eigenvalue weighted by atomic mass is 32.1. The minimum absolute atomic E-state index is 0.0908. The maximum Gasteiger partial charge on any atom is 0.179 e. The van der Waals surface area contributed by atoms with Crippen molar-refractivity contribution >= 4 is 23.1 Å². The van der Waals surface area contributed by atoms with Crippen molar-refractivity contribution < 1.29 is 0 Å². The second-order valence-corrected chi connectivity index (χ2v) is 4.85. The third-order valence-electron chi connectivity index (χ3n) is 2.43. The number of nitrogens with one attached hydrogen (secondary N) is 1. The molecule has 3 nitrogen and oxygen atoms in total. The number of allylic oxidation sites excluding steroid dienone is 1. The zero-order valence-electron chi connectivity index (χ0n) is 9.69. The van der Waals surface area contributed by atoms with Crippen LogP contribution in [0.25, 0.3) is 0 Å². The van der Waals surface area contributed by atoms with Crippen LogP contribution in [0, 0.1) is 0 Å². The number of nitrogens with zero attached hydrogens (tertiary/aromatic N) is 2. The SMILES string of the molecule is CC1=CC(C)(C)NC(=S)N1c1ccccn1. The fourth-order valence-electron chi connectivity index (χ4n) is 1.89. The topological polar surface area (TPSA) is 28.2 Å². The van der Waals surface area contributed by atoms with Gasteiger partial charge in [0, 0.05) is 11.9 Å². The van der Waals surface area contributed by atoms with E-state index in [1.54, 1.807) is 6.20 Å². The summed E-state index contributed by atoms with van der Waals surface area (Å²) < 4.78 is 0. The van der Waals surface area contributed by atoms with Gasteiger partial charge in [0.2, 0.25) is 0 Å². The van der Waals surface area contributed by atoms with E-state index in [0.717, 1.165) is 11.5 Å². The summed E-state index contributed by atoms with van der Waals surface area (Å²) in [4.78, 5) is 6.25. The Morgan fingerprint density at radius 2 is 2.12 bits per heavy atom. The van der Waals surface area contributed by atoms with Crippen molar-refractivity contribution in [1.82, 2.24) is 10.3 Å². The maximum absolute atomic E-state index is 5.37. The molecule has 4 heteroatoms. The summed E-state index contributed by atoms with van der Waals surface area (Å²) in [7, 11) is 0. The van der Waals surface area contributed by atoms with E-state index in [-0.39, 0.29) is 5.54 Å². The summed E-state index contributed by atoms with van der Waals surface area (Å²) in [6.45, 7) is 6.24. The monoisotopic (exact) mass is 233 g/mol. The molecule has 1 aliphatic heterocycles. The van der Waals surface area contributed by atoms with Gasteiger partial charge in [-0.2, -0.15) is 0 Å². The van der Waals surface area contributed by atoms with Gasteiger partial charge in [-0.1, -0.05) is 6.07 Å². The Kier molecular flexibility index (Phi) is 2.68. The number of rotatable bonds is 1. The normalized spacial score (nSPS) is 19.1. The second kappa shape index (κ2) is 3.87. The molecule has 0 saturated carbocycles. The van der Waals surface area contributed by atoms with Crippen molar-refractivity contribution in [2.24, 2.45) is 0 Å². The van der Waals surface area contributed by atoms with Crippen molar-refractivity contribution in [3.05, 3.63) is 36.2 Å². The van der Waals surface area contributed by atoms with Gasteiger partial charge in [0.15, 0.2) is 5.11 Å². The molecule has 2 rings (SSSR count). The molecule has 16 heavy (non-hydrogen) atoms. The molecule has 0 fully saturated rings. The molecule has 0 bridgehead atoms. The van der Waals surface area contributed by atoms with Gasteiger partial charge in [0.05, 0.1) is 5.54 Å². The minimum atomic E-state index is -0.0908. The molecule has 0 radical (unpaired) electrons. The summed E-state index contributed by atoms with van der Waals surface area (Å²) in [5.74, 6) is 0.851. The van der Waals surface area contributed by atoms with Crippen LogP contribution in [-0.4, -0.2) is 15.6 Å². The Morgan fingerprint density at radius 1 is 1.38 bits per heavy atom. The number of anilines is 1. The van der Waals surface area contributed by atoms with E-state index in [2.05, 4.69) is 30.2 Å². The lowest BCUT2D eigenvalue weighted by molar-refractivity contribution is 0.559. The molecule has 0 aromatic carbocycles. The summed E-state index contributed by atoms with van der Waals surface area (Å²) in [6.07, 6.45) is 3.92. The molecule has 2 heterocycles. The molecule has 0 spiro atoms. The first-order valence-corrected chi connectivity index (χ1v) is 5.63. The molecule has 1 aliphatic rings. The molecular formula is C12H15N3S. The average molecular weight is 233 g/mol. The number of pyridine rings is 1. The zero-order valence-corrected chi connectivity index (χ0v) is 10.5. The van der Waals surface area contributed by atoms with Crippen LogP contribution in [-0.2, 0) is 0 Å². The quantitative estimate of drug-likeness (QED) is 0.754. The number of aromatic nitrogens is 1. The Balaban J connectivity index is 2.40. The second-order valence-electron chi connectivity index (χ2n) is 4.46. The molecule has 0 atom stereocenters. The van der Waals surface area contributed by atoms with Gasteiger partial charge in [0.25, 0.3) is 0 Å². The van der Waals surface area contributed by atoms with Gasteiger partial charge in [-0.3, -0.25) is 4.90 Å². The Bertz CT molecular complexity index is 437. The lowest BCUT2D eigenvalue weighted by atomic mass is 10.0. The van der Waals surface area contributed by atoms with Crippen LogP contribution in [0.4, 0.5) is 5.82 Å². The van der Waals surface area contributed by atoms with Crippen molar-refractivity contribution in [3.63, 3.8) is 0 Å². The van der Waals surface area contributed by atoms with Crippen LogP contribution in [0.15, 0.2) is 36.2 Å². The van der Waals surface area contributed by atoms with Crippen molar-refractivity contribution in [2.75, 3.05) is 4.90 Å². The van der Waals surface area contributed by atoms with E-state index in [0.29, 0.717) is 5.11 Å². The van der Waals surface area contributed by atoms with E-state index in [4.69, 9.17) is 12.2 Å². The smallest absolute Gasteiger partial charge is 0.179 e. The van der Waals surface area contributed by atoms with E-state index in [1.807, 2.05) is 30.0 Å². The van der Waals surface area contributed by atoms with Gasteiger partial charge >= 0.3 is 0 Å². The fraction of sp³-hybridized carbons (Fsp3) is 0.333. The highest BCUT2D eigenvalue weighted by Crippen LogP contribution is 2.23. The predicted molar refractivity (Wildman–Crippen MR) is 70.3 cm³/mol. The lowest BCUT2D eigenvalue weighted by Gasteiger charge is -2.37. The highest BCUT2D eigenvalue weighted by Gasteiger charge is 2.27. The van der Waals surface area contributed by atoms with Crippen molar-refractivity contribution in [3.8, 4) is 0 Å². The van der Waals surface area contributed by atoms with Crippen LogP contribution in [0.2, 0.25) is 0 Å².